The zero-order valence-corrected chi connectivity index (χ0v) is 18.8. The van der Waals surface area contributed by atoms with Crippen LogP contribution < -0.4 is 5.56 Å². The van der Waals surface area contributed by atoms with Crippen LogP contribution in [0.4, 0.5) is 0 Å². The van der Waals surface area contributed by atoms with E-state index in [0.29, 0.717) is 24.7 Å². The molecular weight excluding hydrogens is 398 g/mol. The highest BCUT2D eigenvalue weighted by Crippen LogP contribution is 2.36. The quantitative estimate of drug-likeness (QED) is 0.728. The summed E-state index contributed by atoms with van der Waals surface area (Å²) < 4.78 is 5.44. The maximum atomic E-state index is 13.0. The van der Waals surface area contributed by atoms with Crippen molar-refractivity contribution < 1.29 is 4.74 Å². The number of rotatable bonds is 7. The molecule has 2 unspecified atom stereocenters. The molecule has 7 nitrogen and oxygen atoms in total. The van der Waals surface area contributed by atoms with Gasteiger partial charge in [0.2, 0.25) is 0 Å². The lowest BCUT2D eigenvalue weighted by molar-refractivity contribution is 0.0311. The molecule has 0 bridgehead atoms. The van der Waals surface area contributed by atoms with Gasteiger partial charge in [0.1, 0.15) is 10.7 Å². The monoisotopic (exact) mass is 429 g/mol. The van der Waals surface area contributed by atoms with E-state index in [2.05, 4.69) is 34.7 Å². The number of H-pyrrole nitrogens is 1. The van der Waals surface area contributed by atoms with Crippen molar-refractivity contribution in [3.63, 3.8) is 0 Å². The second-order valence-corrected chi connectivity index (χ2v) is 9.64. The molecule has 0 radical (unpaired) electrons. The molecule has 1 aliphatic heterocycles. The van der Waals surface area contributed by atoms with Gasteiger partial charge < -0.3 is 9.72 Å². The van der Waals surface area contributed by atoms with Crippen molar-refractivity contribution in [2.75, 3.05) is 45.9 Å². The van der Waals surface area contributed by atoms with E-state index in [9.17, 15) is 4.79 Å². The van der Waals surface area contributed by atoms with Crippen LogP contribution in [0.1, 0.15) is 49.0 Å². The second-order valence-electron chi connectivity index (χ2n) is 8.56. The number of aromatic amines is 1. The van der Waals surface area contributed by atoms with Crippen LogP contribution in [-0.2, 0) is 17.6 Å². The maximum absolute atomic E-state index is 13.0. The fourth-order valence-corrected chi connectivity index (χ4v) is 5.91. The molecule has 2 aromatic heterocycles. The molecular formula is C22H31N5O2S. The number of nitrogens with one attached hydrogen (secondary N) is 1. The highest BCUT2D eigenvalue weighted by molar-refractivity contribution is 7.18. The maximum Gasteiger partial charge on any atom is 0.259 e. The van der Waals surface area contributed by atoms with Crippen molar-refractivity contribution in [1.82, 2.24) is 19.8 Å². The summed E-state index contributed by atoms with van der Waals surface area (Å²) in [4.78, 5) is 27.8. The Morgan fingerprint density at radius 1 is 1.40 bits per heavy atom. The van der Waals surface area contributed by atoms with Crippen LogP contribution in [0.15, 0.2) is 4.79 Å². The van der Waals surface area contributed by atoms with Gasteiger partial charge in [-0.05, 0) is 37.7 Å². The van der Waals surface area contributed by atoms with Crippen molar-refractivity contribution >= 4 is 21.6 Å². The summed E-state index contributed by atoms with van der Waals surface area (Å²) in [7, 11) is 0. The van der Waals surface area contributed by atoms with Crippen LogP contribution in [0.25, 0.3) is 10.2 Å². The number of aromatic nitrogens is 2. The molecule has 162 valence electrons. The van der Waals surface area contributed by atoms with Gasteiger partial charge in [0.15, 0.2) is 0 Å². The first-order valence-electron chi connectivity index (χ1n) is 11.0. The van der Waals surface area contributed by atoms with Crippen LogP contribution >= 0.6 is 11.3 Å². The normalized spacial score (nSPS) is 20.9. The number of morpholine rings is 1. The SMILES string of the molecule is CC1CCc2c(sc3nc(C(C)N(CCC#N)CCN4CCOCC4)[nH]c(=O)c23)C1. The topological polar surface area (TPSA) is 85.2 Å². The molecule has 2 aromatic rings. The first-order valence-corrected chi connectivity index (χ1v) is 11.8. The summed E-state index contributed by atoms with van der Waals surface area (Å²) >= 11 is 1.69. The van der Waals surface area contributed by atoms with E-state index < -0.39 is 0 Å². The zero-order valence-electron chi connectivity index (χ0n) is 17.9. The van der Waals surface area contributed by atoms with Crippen molar-refractivity contribution in [1.29, 1.82) is 5.26 Å². The lowest BCUT2D eigenvalue weighted by atomic mass is 9.89. The number of nitrogens with zero attached hydrogens (tertiary/aromatic N) is 4. The molecule has 3 heterocycles. The molecule has 1 saturated heterocycles. The molecule has 4 rings (SSSR count). The lowest BCUT2D eigenvalue weighted by Gasteiger charge is -2.32. The standard InChI is InChI=1S/C22H31N5O2S/c1-15-4-5-17-18(14-15)30-22-19(17)21(28)24-20(25-22)16(2)27(7-3-6-23)9-8-26-10-12-29-13-11-26/h15-16H,3-5,7-14H2,1-2H3,(H,24,25,28). The first-order chi connectivity index (χ1) is 14.6. The average Bonchev–Trinajstić information content (AvgIpc) is 3.12. The van der Waals surface area contributed by atoms with Crippen LogP contribution in [0.3, 0.4) is 0 Å². The van der Waals surface area contributed by atoms with Crippen LogP contribution in [0.2, 0.25) is 0 Å². The van der Waals surface area contributed by atoms with E-state index in [-0.39, 0.29) is 11.6 Å². The lowest BCUT2D eigenvalue weighted by Crippen LogP contribution is -2.42. The highest BCUT2D eigenvalue weighted by Gasteiger charge is 2.25. The Balaban J connectivity index is 1.56. The third-order valence-corrected chi connectivity index (χ3v) is 7.59. The molecule has 2 atom stereocenters. The number of hydrogen-bond donors (Lipinski definition) is 1. The van der Waals surface area contributed by atoms with Gasteiger partial charge in [-0.3, -0.25) is 14.6 Å². The van der Waals surface area contributed by atoms with E-state index >= 15 is 0 Å². The van der Waals surface area contributed by atoms with E-state index in [1.807, 2.05) is 0 Å². The Morgan fingerprint density at radius 2 is 2.20 bits per heavy atom. The minimum absolute atomic E-state index is 0.0117. The summed E-state index contributed by atoms with van der Waals surface area (Å²) in [5, 5.41) is 9.91. The second kappa shape index (κ2) is 9.56. The number of thiophene rings is 1. The molecule has 0 saturated carbocycles. The summed E-state index contributed by atoms with van der Waals surface area (Å²) in [6, 6.07) is 2.21. The van der Waals surface area contributed by atoms with Crippen molar-refractivity contribution in [2.24, 2.45) is 5.92 Å². The van der Waals surface area contributed by atoms with E-state index in [0.717, 1.165) is 68.9 Å². The number of hydrogen-bond acceptors (Lipinski definition) is 7. The van der Waals surface area contributed by atoms with Crippen LogP contribution in [0, 0.1) is 17.2 Å². The van der Waals surface area contributed by atoms with Gasteiger partial charge in [0.25, 0.3) is 5.56 Å². The summed E-state index contributed by atoms with van der Waals surface area (Å²) in [6.07, 6.45) is 3.63. The molecule has 0 amide bonds. The zero-order chi connectivity index (χ0) is 21.1. The number of aryl methyl sites for hydroxylation is 1. The van der Waals surface area contributed by atoms with Gasteiger partial charge in [-0.1, -0.05) is 6.92 Å². The molecule has 1 N–H and O–H groups in total. The Morgan fingerprint density at radius 3 is 2.97 bits per heavy atom. The van der Waals surface area contributed by atoms with Gasteiger partial charge in [-0.15, -0.1) is 11.3 Å². The van der Waals surface area contributed by atoms with Crippen molar-refractivity contribution in [3.05, 3.63) is 26.6 Å². The summed E-state index contributed by atoms with van der Waals surface area (Å²) in [6.45, 7) is 10.2. The van der Waals surface area contributed by atoms with E-state index in [4.69, 9.17) is 15.0 Å². The Kier molecular flexibility index (Phi) is 6.84. The Bertz CT molecular complexity index is 972. The van der Waals surface area contributed by atoms with Crippen LogP contribution in [0.5, 0.6) is 0 Å². The average molecular weight is 430 g/mol. The molecule has 1 fully saturated rings. The third-order valence-electron chi connectivity index (χ3n) is 6.45. The predicted octanol–water partition coefficient (Wildman–Crippen LogP) is 2.72. The Hall–Kier alpha value is -1.79. The molecule has 1 aliphatic carbocycles. The number of ether oxygens (including phenoxy) is 1. The third kappa shape index (κ3) is 4.59. The van der Waals surface area contributed by atoms with E-state index in [1.165, 1.54) is 10.4 Å². The van der Waals surface area contributed by atoms with Gasteiger partial charge in [-0.25, -0.2) is 4.98 Å². The largest absolute Gasteiger partial charge is 0.379 e. The van der Waals surface area contributed by atoms with Crippen molar-refractivity contribution in [2.45, 2.75) is 45.6 Å². The highest BCUT2D eigenvalue weighted by atomic mass is 32.1. The number of fused-ring (bicyclic) bond motifs is 3. The minimum atomic E-state index is -0.0467. The number of nitriles is 1. The van der Waals surface area contributed by atoms with Gasteiger partial charge in [0, 0.05) is 44.0 Å². The predicted molar refractivity (Wildman–Crippen MR) is 119 cm³/mol. The molecule has 30 heavy (non-hydrogen) atoms. The Labute approximate surface area is 181 Å². The molecule has 0 aromatic carbocycles. The fraction of sp³-hybridized carbons (Fsp3) is 0.682. The van der Waals surface area contributed by atoms with Crippen molar-refractivity contribution in [3.8, 4) is 6.07 Å². The van der Waals surface area contributed by atoms with Gasteiger partial charge in [0.05, 0.1) is 30.7 Å². The van der Waals surface area contributed by atoms with Gasteiger partial charge in [-0.2, -0.15) is 5.26 Å². The first kappa shape index (κ1) is 21.4. The van der Waals surface area contributed by atoms with Gasteiger partial charge >= 0.3 is 0 Å². The summed E-state index contributed by atoms with van der Waals surface area (Å²) in [5.41, 5.74) is 1.21. The smallest absolute Gasteiger partial charge is 0.259 e. The van der Waals surface area contributed by atoms with E-state index in [1.54, 1.807) is 11.3 Å². The molecule has 2 aliphatic rings. The van der Waals surface area contributed by atoms with Crippen LogP contribution in [-0.4, -0.2) is 65.7 Å². The fourth-order valence-electron chi connectivity index (χ4n) is 4.52. The molecule has 8 heteroatoms. The minimum Gasteiger partial charge on any atom is -0.379 e. The summed E-state index contributed by atoms with van der Waals surface area (Å²) in [5.74, 6) is 1.38. The molecule has 0 spiro atoms.